The number of aromatic hydroxyl groups is 1. The van der Waals surface area contributed by atoms with E-state index in [1.165, 1.54) is 6.20 Å². The number of aliphatic hydroxyl groups excluding tert-OH is 1. The van der Waals surface area contributed by atoms with Gasteiger partial charge in [0.2, 0.25) is 0 Å². The van der Waals surface area contributed by atoms with Crippen LogP contribution in [0.1, 0.15) is 17.2 Å². The van der Waals surface area contributed by atoms with Crippen LogP contribution < -0.4 is 5.32 Å². The van der Waals surface area contributed by atoms with E-state index in [9.17, 15) is 10.2 Å². The summed E-state index contributed by atoms with van der Waals surface area (Å²) in [6, 6.07) is 8.67. The molecular weight excluding hydrogens is 311 g/mol. The van der Waals surface area contributed by atoms with Gasteiger partial charge < -0.3 is 15.5 Å². The third-order valence-corrected chi connectivity index (χ3v) is 3.75. The summed E-state index contributed by atoms with van der Waals surface area (Å²) >= 11 is 11.6. The Kier molecular flexibility index (Phi) is 5.82. The summed E-state index contributed by atoms with van der Waals surface area (Å²) in [5.41, 5.74) is 1.74. The highest BCUT2D eigenvalue weighted by Crippen LogP contribution is 2.22. The van der Waals surface area contributed by atoms with E-state index >= 15 is 0 Å². The molecule has 0 bridgehead atoms. The highest BCUT2D eigenvalue weighted by Gasteiger charge is 2.09. The number of hydrogen-bond acceptors (Lipinski definition) is 4. The van der Waals surface area contributed by atoms with Crippen LogP contribution in [-0.4, -0.2) is 28.3 Å². The fraction of sp³-hybridized carbons (Fsp3) is 0.267. The van der Waals surface area contributed by atoms with Crippen LogP contribution in [0.25, 0.3) is 0 Å². The van der Waals surface area contributed by atoms with Crippen molar-refractivity contribution in [3.8, 4) is 5.75 Å². The molecule has 112 valence electrons. The first-order valence-corrected chi connectivity index (χ1v) is 7.29. The molecule has 0 aliphatic carbocycles. The van der Waals surface area contributed by atoms with E-state index < -0.39 is 6.10 Å². The topological polar surface area (TPSA) is 65.4 Å². The maximum Gasteiger partial charge on any atom is 0.147 e. The van der Waals surface area contributed by atoms with E-state index in [1.54, 1.807) is 18.2 Å². The van der Waals surface area contributed by atoms with Crippen molar-refractivity contribution in [3.63, 3.8) is 0 Å². The molecule has 6 heteroatoms. The summed E-state index contributed by atoms with van der Waals surface area (Å²) in [5.74, 6) is 0.259. The van der Waals surface area contributed by atoms with Crippen LogP contribution in [0.15, 0.2) is 36.5 Å². The molecule has 0 saturated carbocycles. The normalized spacial score (nSPS) is 12.3. The fourth-order valence-electron chi connectivity index (χ4n) is 1.87. The standard InChI is InChI=1S/C15H16Cl2N2O2/c16-13-7-11(8-19-15(13)17)14(21)9-18-6-5-10-1-3-12(20)4-2-10/h1-4,7-8,14,18,20-21H,5-6,9H2/t14-/m1/s1. The van der Waals surface area contributed by atoms with Gasteiger partial charge in [-0.05, 0) is 36.7 Å². The summed E-state index contributed by atoms with van der Waals surface area (Å²) in [6.07, 6.45) is 1.64. The molecule has 2 rings (SSSR count). The van der Waals surface area contributed by atoms with Gasteiger partial charge in [0.25, 0.3) is 0 Å². The van der Waals surface area contributed by atoms with Crippen molar-refractivity contribution in [2.75, 3.05) is 13.1 Å². The zero-order chi connectivity index (χ0) is 15.2. The summed E-state index contributed by atoms with van der Waals surface area (Å²) in [5, 5.41) is 23.0. The van der Waals surface area contributed by atoms with Gasteiger partial charge in [0.05, 0.1) is 11.1 Å². The predicted octanol–water partition coefficient (Wildman–Crippen LogP) is 2.96. The van der Waals surface area contributed by atoms with Crippen molar-refractivity contribution in [2.45, 2.75) is 12.5 Å². The van der Waals surface area contributed by atoms with Crippen LogP contribution in [0.4, 0.5) is 0 Å². The van der Waals surface area contributed by atoms with Crippen molar-refractivity contribution < 1.29 is 10.2 Å². The average molecular weight is 327 g/mol. The highest BCUT2D eigenvalue weighted by atomic mass is 35.5. The first-order valence-electron chi connectivity index (χ1n) is 6.54. The molecule has 0 radical (unpaired) electrons. The van der Waals surface area contributed by atoms with Crippen molar-refractivity contribution in [3.05, 3.63) is 57.8 Å². The third-order valence-electron chi connectivity index (χ3n) is 3.07. The minimum absolute atomic E-state index is 0.230. The number of halogens is 2. The zero-order valence-electron chi connectivity index (χ0n) is 11.3. The second-order valence-corrected chi connectivity index (χ2v) is 5.44. The van der Waals surface area contributed by atoms with Crippen molar-refractivity contribution in [1.29, 1.82) is 0 Å². The Morgan fingerprint density at radius 1 is 1.19 bits per heavy atom. The van der Waals surface area contributed by atoms with Gasteiger partial charge in [-0.25, -0.2) is 4.98 Å². The number of hydrogen-bond donors (Lipinski definition) is 3. The molecule has 4 nitrogen and oxygen atoms in total. The monoisotopic (exact) mass is 326 g/mol. The molecule has 0 aliphatic rings. The number of phenols is 1. The lowest BCUT2D eigenvalue weighted by molar-refractivity contribution is 0.174. The van der Waals surface area contributed by atoms with E-state index in [2.05, 4.69) is 10.3 Å². The first kappa shape index (κ1) is 16.0. The van der Waals surface area contributed by atoms with E-state index in [0.717, 1.165) is 18.5 Å². The number of benzene rings is 1. The summed E-state index contributed by atoms with van der Waals surface area (Å²) in [4.78, 5) is 3.91. The van der Waals surface area contributed by atoms with Gasteiger partial charge in [0.15, 0.2) is 0 Å². The largest absolute Gasteiger partial charge is 0.508 e. The van der Waals surface area contributed by atoms with Gasteiger partial charge in [-0.15, -0.1) is 0 Å². The second-order valence-electron chi connectivity index (χ2n) is 4.68. The Balaban J connectivity index is 1.77. The summed E-state index contributed by atoms with van der Waals surface area (Å²) in [7, 11) is 0. The van der Waals surface area contributed by atoms with Gasteiger partial charge in [0.1, 0.15) is 10.9 Å². The second kappa shape index (κ2) is 7.61. The van der Waals surface area contributed by atoms with Crippen molar-refractivity contribution in [2.24, 2.45) is 0 Å². The lowest BCUT2D eigenvalue weighted by Gasteiger charge is -2.12. The Hall–Kier alpha value is -1.33. The quantitative estimate of drug-likeness (QED) is 0.564. The predicted molar refractivity (Wildman–Crippen MR) is 83.9 cm³/mol. The number of nitrogens with zero attached hydrogens (tertiary/aromatic N) is 1. The fourth-order valence-corrected chi connectivity index (χ4v) is 2.15. The molecule has 1 aromatic carbocycles. The van der Waals surface area contributed by atoms with Gasteiger partial charge >= 0.3 is 0 Å². The Morgan fingerprint density at radius 2 is 1.90 bits per heavy atom. The minimum atomic E-state index is -0.688. The van der Waals surface area contributed by atoms with Gasteiger partial charge in [-0.1, -0.05) is 35.3 Å². The molecule has 21 heavy (non-hydrogen) atoms. The number of aromatic nitrogens is 1. The SMILES string of the molecule is Oc1ccc(CCNC[C@@H](O)c2cnc(Cl)c(Cl)c2)cc1. The van der Waals surface area contributed by atoms with E-state index in [4.69, 9.17) is 23.2 Å². The molecule has 2 aromatic rings. The Bertz CT molecular complexity index is 591. The lowest BCUT2D eigenvalue weighted by Crippen LogP contribution is -2.23. The molecule has 0 spiro atoms. The van der Waals surface area contributed by atoms with Gasteiger partial charge in [-0.3, -0.25) is 0 Å². The smallest absolute Gasteiger partial charge is 0.147 e. The van der Waals surface area contributed by atoms with Gasteiger partial charge in [-0.2, -0.15) is 0 Å². The average Bonchev–Trinajstić information content (AvgIpc) is 2.48. The summed E-state index contributed by atoms with van der Waals surface area (Å²) in [6.45, 7) is 1.12. The summed E-state index contributed by atoms with van der Waals surface area (Å²) < 4.78 is 0. The van der Waals surface area contributed by atoms with E-state index in [1.807, 2.05) is 12.1 Å². The van der Waals surface area contributed by atoms with Crippen LogP contribution in [0.3, 0.4) is 0 Å². The molecule has 0 amide bonds. The van der Waals surface area contributed by atoms with Crippen molar-refractivity contribution >= 4 is 23.2 Å². The van der Waals surface area contributed by atoms with E-state index in [0.29, 0.717) is 17.1 Å². The van der Waals surface area contributed by atoms with Crippen LogP contribution >= 0.6 is 23.2 Å². The van der Waals surface area contributed by atoms with E-state index in [-0.39, 0.29) is 10.9 Å². The number of aliphatic hydroxyl groups is 1. The molecule has 0 saturated heterocycles. The number of phenolic OH excluding ortho intramolecular Hbond substituents is 1. The molecule has 0 fully saturated rings. The third kappa shape index (κ3) is 4.86. The van der Waals surface area contributed by atoms with Gasteiger partial charge in [0, 0.05) is 18.3 Å². The molecule has 1 aromatic heterocycles. The zero-order valence-corrected chi connectivity index (χ0v) is 12.8. The molecule has 0 aliphatic heterocycles. The maximum absolute atomic E-state index is 10.0. The first-order chi connectivity index (χ1) is 10.1. The highest BCUT2D eigenvalue weighted by molar-refractivity contribution is 6.41. The van der Waals surface area contributed by atoms with Crippen LogP contribution in [0, 0.1) is 0 Å². The lowest BCUT2D eigenvalue weighted by atomic mass is 10.1. The minimum Gasteiger partial charge on any atom is -0.508 e. The molecule has 1 heterocycles. The maximum atomic E-state index is 10.0. The van der Waals surface area contributed by atoms with Crippen LogP contribution in [-0.2, 0) is 6.42 Å². The van der Waals surface area contributed by atoms with Crippen LogP contribution in [0.5, 0.6) is 5.75 Å². The van der Waals surface area contributed by atoms with Crippen LogP contribution in [0.2, 0.25) is 10.2 Å². The number of nitrogens with one attached hydrogen (secondary N) is 1. The molecular formula is C15H16Cl2N2O2. The van der Waals surface area contributed by atoms with Crippen molar-refractivity contribution in [1.82, 2.24) is 10.3 Å². The number of rotatable bonds is 6. The molecule has 1 atom stereocenters. The Labute approximate surface area is 133 Å². The molecule has 3 N–H and O–H groups in total. The number of pyridine rings is 1. The Morgan fingerprint density at radius 3 is 2.57 bits per heavy atom. The molecule has 0 unspecified atom stereocenters.